The summed E-state index contributed by atoms with van der Waals surface area (Å²) in [6.07, 6.45) is 0.866. The third-order valence-corrected chi connectivity index (χ3v) is 1.39. The molecule has 0 spiro atoms. The van der Waals surface area contributed by atoms with E-state index in [4.69, 9.17) is 5.11 Å². The van der Waals surface area contributed by atoms with Gasteiger partial charge in [0.05, 0.1) is 0 Å². The van der Waals surface area contributed by atoms with E-state index in [0.717, 1.165) is 12.0 Å². The Balaban J connectivity index is 3.94. The van der Waals surface area contributed by atoms with Gasteiger partial charge in [0, 0.05) is 0 Å². The van der Waals surface area contributed by atoms with E-state index in [1.807, 2.05) is 6.92 Å². The molecule has 60 valence electrons. The van der Waals surface area contributed by atoms with Crippen LogP contribution in [0.15, 0.2) is 11.3 Å². The maximum Gasteiger partial charge on any atom is 0.119 e. The van der Waals surface area contributed by atoms with Crippen LogP contribution in [0.25, 0.3) is 0 Å². The molecule has 10 heavy (non-hydrogen) atoms. The van der Waals surface area contributed by atoms with Gasteiger partial charge < -0.3 is 10.2 Å². The minimum absolute atomic E-state index is 0.127. The van der Waals surface area contributed by atoms with E-state index in [9.17, 15) is 5.11 Å². The normalized spacial score (nSPS) is 12.8. The number of aliphatic hydroxyl groups is 2. The highest BCUT2D eigenvalue weighted by Gasteiger charge is 2.08. The van der Waals surface area contributed by atoms with E-state index in [1.54, 1.807) is 13.8 Å². The number of rotatable bonds is 3. The Hall–Kier alpha value is -0.500. The topological polar surface area (TPSA) is 40.5 Å². The lowest BCUT2D eigenvalue weighted by molar-refractivity contribution is 0.141. The third kappa shape index (κ3) is 2.87. The number of allylic oxidation sites excluding steroid dienone is 1. The number of hydrogen-bond acceptors (Lipinski definition) is 2. The second-order valence-corrected chi connectivity index (χ2v) is 2.69. The number of aliphatic hydroxyl groups excluding tert-OH is 2. The van der Waals surface area contributed by atoms with Crippen molar-refractivity contribution >= 4 is 0 Å². The predicted molar refractivity (Wildman–Crippen MR) is 41.9 cm³/mol. The monoisotopic (exact) mass is 144 g/mol. The first-order valence-corrected chi connectivity index (χ1v) is 3.64. The molecule has 0 aromatic rings. The fourth-order valence-electron chi connectivity index (χ4n) is 0.743. The molecule has 2 N–H and O–H groups in total. The van der Waals surface area contributed by atoms with Crippen LogP contribution in [0.4, 0.5) is 0 Å². The highest BCUT2D eigenvalue weighted by Crippen LogP contribution is 2.09. The average Bonchev–Trinajstić information content (AvgIpc) is 1.87. The summed E-state index contributed by atoms with van der Waals surface area (Å²) >= 11 is 0. The van der Waals surface area contributed by atoms with Gasteiger partial charge in [0.2, 0.25) is 0 Å². The maximum absolute atomic E-state index is 9.18. The standard InChI is InChI=1S/C8H16O2/c1-4-5-7(9)8(10)6(2)3/h7,9-10H,4-5H2,1-3H3. The van der Waals surface area contributed by atoms with Gasteiger partial charge in [-0.05, 0) is 25.8 Å². The average molecular weight is 144 g/mol. The van der Waals surface area contributed by atoms with Crippen LogP contribution >= 0.6 is 0 Å². The van der Waals surface area contributed by atoms with Crippen LogP contribution in [0.5, 0.6) is 0 Å². The van der Waals surface area contributed by atoms with Crippen molar-refractivity contribution < 1.29 is 10.2 Å². The molecular weight excluding hydrogens is 128 g/mol. The summed E-state index contributed by atoms with van der Waals surface area (Å²) in [5, 5.41) is 18.3. The molecule has 0 amide bonds. The summed E-state index contributed by atoms with van der Waals surface area (Å²) in [6.45, 7) is 5.55. The maximum atomic E-state index is 9.18. The first-order valence-electron chi connectivity index (χ1n) is 3.64. The van der Waals surface area contributed by atoms with Crippen LogP contribution in [0, 0.1) is 0 Å². The van der Waals surface area contributed by atoms with Gasteiger partial charge in [-0.15, -0.1) is 0 Å². The summed E-state index contributed by atoms with van der Waals surface area (Å²) < 4.78 is 0. The van der Waals surface area contributed by atoms with E-state index in [0.29, 0.717) is 6.42 Å². The second kappa shape index (κ2) is 4.34. The Morgan fingerprint density at radius 1 is 1.40 bits per heavy atom. The van der Waals surface area contributed by atoms with E-state index < -0.39 is 6.10 Å². The summed E-state index contributed by atoms with van der Waals surface area (Å²) in [4.78, 5) is 0. The smallest absolute Gasteiger partial charge is 0.119 e. The Morgan fingerprint density at radius 3 is 2.20 bits per heavy atom. The van der Waals surface area contributed by atoms with Crippen molar-refractivity contribution in [2.24, 2.45) is 0 Å². The van der Waals surface area contributed by atoms with Crippen molar-refractivity contribution in [3.8, 4) is 0 Å². The van der Waals surface area contributed by atoms with Gasteiger partial charge in [0.15, 0.2) is 0 Å². The molecule has 0 aliphatic carbocycles. The van der Waals surface area contributed by atoms with Gasteiger partial charge in [-0.3, -0.25) is 0 Å². The van der Waals surface area contributed by atoms with Crippen molar-refractivity contribution in [2.75, 3.05) is 0 Å². The summed E-state index contributed by atoms with van der Waals surface area (Å²) in [7, 11) is 0. The molecule has 1 unspecified atom stereocenters. The van der Waals surface area contributed by atoms with Crippen molar-refractivity contribution in [1.82, 2.24) is 0 Å². The molecule has 0 bridgehead atoms. The van der Waals surface area contributed by atoms with Crippen LogP contribution in [0.1, 0.15) is 33.6 Å². The van der Waals surface area contributed by atoms with Gasteiger partial charge in [0.25, 0.3) is 0 Å². The van der Waals surface area contributed by atoms with Crippen molar-refractivity contribution in [3.63, 3.8) is 0 Å². The van der Waals surface area contributed by atoms with E-state index in [1.165, 1.54) is 0 Å². The molecule has 1 atom stereocenters. The molecule has 0 aromatic heterocycles. The molecule has 0 fully saturated rings. The molecule has 0 rings (SSSR count). The highest BCUT2D eigenvalue weighted by molar-refractivity contribution is 5.05. The fraction of sp³-hybridized carbons (Fsp3) is 0.750. The Labute approximate surface area is 62.2 Å². The van der Waals surface area contributed by atoms with Gasteiger partial charge in [-0.2, -0.15) is 0 Å². The molecule has 0 aliphatic heterocycles. The van der Waals surface area contributed by atoms with E-state index >= 15 is 0 Å². The lowest BCUT2D eigenvalue weighted by Gasteiger charge is -2.09. The Bertz CT molecular complexity index is 123. The van der Waals surface area contributed by atoms with Crippen LogP contribution < -0.4 is 0 Å². The molecular formula is C8H16O2. The molecule has 0 saturated heterocycles. The molecule has 2 nitrogen and oxygen atoms in total. The zero-order valence-corrected chi connectivity index (χ0v) is 6.89. The largest absolute Gasteiger partial charge is 0.510 e. The summed E-state index contributed by atoms with van der Waals surface area (Å²) in [5.74, 6) is 0.127. The SMILES string of the molecule is CCCC(O)C(O)=C(C)C. The van der Waals surface area contributed by atoms with Gasteiger partial charge in [-0.25, -0.2) is 0 Å². The van der Waals surface area contributed by atoms with Crippen molar-refractivity contribution in [2.45, 2.75) is 39.7 Å². The lowest BCUT2D eigenvalue weighted by Crippen LogP contribution is -2.10. The molecule has 0 heterocycles. The molecule has 0 aromatic carbocycles. The van der Waals surface area contributed by atoms with E-state index in [-0.39, 0.29) is 5.76 Å². The van der Waals surface area contributed by atoms with Crippen LogP contribution in [-0.2, 0) is 0 Å². The highest BCUT2D eigenvalue weighted by atomic mass is 16.3. The zero-order valence-electron chi connectivity index (χ0n) is 6.89. The first-order chi connectivity index (χ1) is 4.59. The number of hydrogen-bond donors (Lipinski definition) is 2. The Morgan fingerprint density at radius 2 is 1.90 bits per heavy atom. The Kier molecular flexibility index (Phi) is 4.12. The summed E-state index contributed by atoms with van der Waals surface area (Å²) in [5.41, 5.74) is 0.793. The summed E-state index contributed by atoms with van der Waals surface area (Å²) in [6, 6.07) is 0. The minimum Gasteiger partial charge on any atom is -0.510 e. The van der Waals surface area contributed by atoms with E-state index in [2.05, 4.69) is 0 Å². The van der Waals surface area contributed by atoms with Crippen LogP contribution in [-0.4, -0.2) is 16.3 Å². The van der Waals surface area contributed by atoms with Gasteiger partial charge in [0.1, 0.15) is 11.9 Å². The predicted octanol–water partition coefficient (Wildman–Crippen LogP) is 2.00. The first kappa shape index (κ1) is 9.50. The quantitative estimate of drug-likeness (QED) is 0.595. The third-order valence-electron chi connectivity index (χ3n) is 1.39. The minimum atomic E-state index is -0.657. The second-order valence-electron chi connectivity index (χ2n) is 2.69. The molecule has 0 aliphatic rings. The fourth-order valence-corrected chi connectivity index (χ4v) is 0.743. The van der Waals surface area contributed by atoms with Crippen LogP contribution in [0.2, 0.25) is 0 Å². The van der Waals surface area contributed by atoms with Crippen molar-refractivity contribution in [1.29, 1.82) is 0 Å². The van der Waals surface area contributed by atoms with Gasteiger partial charge >= 0.3 is 0 Å². The molecule has 0 saturated carbocycles. The lowest BCUT2D eigenvalue weighted by atomic mass is 10.1. The molecule has 2 heteroatoms. The molecule has 0 radical (unpaired) electrons. The van der Waals surface area contributed by atoms with Gasteiger partial charge in [-0.1, -0.05) is 13.3 Å². The van der Waals surface area contributed by atoms with Crippen LogP contribution in [0.3, 0.4) is 0 Å². The zero-order chi connectivity index (χ0) is 8.15. The van der Waals surface area contributed by atoms with Crippen molar-refractivity contribution in [3.05, 3.63) is 11.3 Å².